The summed E-state index contributed by atoms with van der Waals surface area (Å²) in [5.74, 6) is -0.326. The maximum atomic E-state index is 12.5. The molecule has 0 saturated carbocycles. The molecule has 4 rings (SSSR count). The molecule has 0 radical (unpaired) electrons. The average Bonchev–Trinajstić information content (AvgIpc) is 2.99. The summed E-state index contributed by atoms with van der Waals surface area (Å²) in [5.41, 5.74) is 3.59. The number of aromatic amines is 1. The SMILES string of the molecule is Cc1ccc(C(=O)Nc2cc3c(C)nn(-c4ccccc4)c3[nH]c2=O)cc1. The Bertz CT molecular complexity index is 1190. The lowest BCUT2D eigenvalue weighted by Gasteiger charge is -2.06. The van der Waals surface area contributed by atoms with Crippen molar-refractivity contribution in [3.63, 3.8) is 0 Å². The predicted octanol–water partition coefficient (Wildman–Crippen LogP) is 3.58. The lowest BCUT2D eigenvalue weighted by atomic mass is 10.1. The number of amides is 1. The number of para-hydroxylation sites is 1. The number of carbonyl (C=O) groups is 1. The summed E-state index contributed by atoms with van der Waals surface area (Å²) in [7, 11) is 0. The Labute approximate surface area is 155 Å². The number of anilines is 1. The van der Waals surface area contributed by atoms with Crippen molar-refractivity contribution < 1.29 is 4.79 Å². The number of H-pyrrole nitrogens is 1. The third-order valence-corrected chi connectivity index (χ3v) is 4.43. The van der Waals surface area contributed by atoms with Gasteiger partial charge < -0.3 is 10.3 Å². The Hall–Kier alpha value is -3.67. The molecule has 4 aromatic rings. The monoisotopic (exact) mass is 358 g/mol. The smallest absolute Gasteiger partial charge is 0.273 e. The van der Waals surface area contributed by atoms with Crippen LogP contribution in [0.15, 0.2) is 65.5 Å². The zero-order chi connectivity index (χ0) is 19.0. The minimum absolute atomic E-state index is 0.198. The summed E-state index contributed by atoms with van der Waals surface area (Å²) in [5, 5.41) is 7.99. The molecule has 0 fully saturated rings. The van der Waals surface area contributed by atoms with E-state index in [0.29, 0.717) is 11.2 Å². The number of rotatable bonds is 3. The second-order valence-electron chi connectivity index (χ2n) is 6.43. The zero-order valence-corrected chi connectivity index (χ0v) is 15.0. The molecule has 2 aromatic carbocycles. The van der Waals surface area contributed by atoms with E-state index in [1.807, 2.05) is 56.3 Å². The minimum atomic E-state index is -0.375. The quantitative estimate of drug-likeness (QED) is 0.587. The molecule has 6 heteroatoms. The van der Waals surface area contributed by atoms with Gasteiger partial charge in [-0.3, -0.25) is 9.59 Å². The fraction of sp³-hybridized carbons (Fsp3) is 0.0952. The van der Waals surface area contributed by atoms with Crippen LogP contribution in [0.2, 0.25) is 0 Å². The van der Waals surface area contributed by atoms with E-state index in [-0.39, 0.29) is 17.2 Å². The van der Waals surface area contributed by atoms with Gasteiger partial charge in [0.2, 0.25) is 0 Å². The van der Waals surface area contributed by atoms with E-state index < -0.39 is 0 Å². The number of hydrogen-bond donors (Lipinski definition) is 2. The van der Waals surface area contributed by atoms with Crippen molar-refractivity contribution in [1.29, 1.82) is 0 Å². The Morgan fingerprint density at radius 1 is 1.04 bits per heavy atom. The van der Waals surface area contributed by atoms with Gasteiger partial charge in [-0.1, -0.05) is 35.9 Å². The van der Waals surface area contributed by atoms with Gasteiger partial charge in [-0.2, -0.15) is 5.10 Å². The number of aryl methyl sites for hydroxylation is 2. The Morgan fingerprint density at radius 2 is 1.74 bits per heavy atom. The highest BCUT2D eigenvalue weighted by molar-refractivity contribution is 6.04. The Morgan fingerprint density at radius 3 is 2.44 bits per heavy atom. The Balaban J connectivity index is 1.74. The summed E-state index contributed by atoms with van der Waals surface area (Å²) in [4.78, 5) is 27.8. The van der Waals surface area contributed by atoms with E-state index in [0.717, 1.165) is 22.3 Å². The first kappa shape index (κ1) is 16.8. The maximum absolute atomic E-state index is 12.5. The topological polar surface area (TPSA) is 79.8 Å². The van der Waals surface area contributed by atoms with Crippen LogP contribution in [0.4, 0.5) is 5.69 Å². The van der Waals surface area contributed by atoms with Crippen LogP contribution in [0.25, 0.3) is 16.7 Å². The number of nitrogens with zero attached hydrogens (tertiary/aromatic N) is 2. The van der Waals surface area contributed by atoms with Gasteiger partial charge in [0.1, 0.15) is 11.3 Å². The van der Waals surface area contributed by atoms with Gasteiger partial charge in [-0.15, -0.1) is 0 Å². The number of pyridine rings is 1. The molecule has 0 saturated heterocycles. The van der Waals surface area contributed by atoms with Gasteiger partial charge in [0, 0.05) is 10.9 Å². The first-order chi connectivity index (χ1) is 13.0. The second kappa shape index (κ2) is 6.57. The molecule has 6 nitrogen and oxygen atoms in total. The van der Waals surface area contributed by atoms with Crippen molar-refractivity contribution in [3.8, 4) is 5.69 Å². The highest BCUT2D eigenvalue weighted by Crippen LogP contribution is 2.21. The van der Waals surface area contributed by atoms with Gasteiger partial charge in [0.15, 0.2) is 0 Å². The van der Waals surface area contributed by atoms with Crippen molar-refractivity contribution >= 4 is 22.6 Å². The van der Waals surface area contributed by atoms with Crippen LogP contribution in [0, 0.1) is 13.8 Å². The fourth-order valence-corrected chi connectivity index (χ4v) is 2.97. The molecular formula is C21H18N4O2. The predicted molar refractivity (Wildman–Crippen MR) is 106 cm³/mol. The van der Waals surface area contributed by atoms with Crippen molar-refractivity contribution in [2.75, 3.05) is 5.32 Å². The molecular weight excluding hydrogens is 340 g/mol. The van der Waals surface area contributed by atoms with Gasteiger partial charge >= 0.3 is 0 Å². The van der Waals surface area contributed by atoms with Crippen LogP contribution in [0.5, 0.6) is 0 Å². The maximum Gasteiger partial charge on any atom is 0.273 e. The molecule has 1 amide bonds. The molecule has 0 aliphatic carbocycles. The van der Waals surface area contributed by atoms with Crippen LogP contribution in [0.3, 0.4) is 0 Å². The van der Waals surface area contributed by atoms with Crippen molar-refractivity contribution in [2.45, 2.75) is 13.8 Å². The average molecular weight is 358 g/mol. The molecule has 0 bridgehead atoms. The first-order valence-corrected chi connectivity index (χ1v) is 8.59. The molecule has 134 valence electrons. The first-order valence-electron chi connectivity index (χ1n) is 8.59. The molecule has 2 heterocycles. The third kappa shape index (κ3) is 3.13. The molecule has 0 spiro atoms. The van der Waals surface area contributed by atoms with Crippen molar-refractivity contribution in [2.24, 2.45) is 0 Å². The normalized spacial score (nSPS) is 10.9. The minimum Gasteiger partial charge on any atom is -0.317 e. The van der Waals surface area contributed by atoms with Crippen LogP contribution < -0.4 is 10.9 Å². The largest absolute Gasteiger partial charge is 0.317 e. The van der Waals surface area contributed by atoms with E-state index in [9.17, 15) is 9.59 Å². The number of nitrogens with one attached hydrogen (secondary N) is 2. The molecule has 27 heavy (non-hydrogen) atoms. The number of hydrogen-bond acceptors (Lipinski definition) is 3. The highest BCUT2D eigenvalue weighted by atomic mass is 16.2. The Kier molecular flexibility index (Phi) is 4.08. The summed E-state index contributed by atoms with van der Waals surface area (Å²) >= 11 is 0. The summed E-state index contributed by atoms with van der Waals surface area (Å²) < 4.78 is 1.69. The number of benzene rings is 2. The van der Waals surface area contributed by atoms with Crippen molar-refractivity contribution in [3.05, 3.63) is 87.8 Å². The van der Waals surface area contributed by atoms with Gasteiger partial charge in [0.05, 0.1) is 11.4 Å². The van der Waals surface area contributed by atoms with Gasteiger partial charge in [0.25, 0.3) is 11.5 Å². The van der Waals surface area contributed by atoms with Crippen molar-refractivity contribution in [1.82, 2.24) is 14.8 Å². The molecule has 0 atom stereocenters. The van der Waals surface area contributed by atoms with E-state index >= 15 is 0 Å². The highest BCUT2D eigenvalue weighted by Gasteiger charge is 2.14. The summed E-state index contributed by atoms with van der Waals surface area (Å²) in [6.45, 7) is 3.82. The number of carbonyl (C=O) groups excluding carboxylic acids is 1. The van der Waals surface area contributed by atoms with Crippen LogP contribution in [-0.4, -0.2) is 20.7 Å². The lowest BCUT2D eigenvalue weighted by Crippen LogP contribution is -2.20. The van der Waals surface area contributed by atoms with Gasteiger partial charge in [-0.05, 0) is 44.2 Å². The summed E-state index contributed by atoms with van der Waals surface area (Å²) in [6, 6.07) is 18.4. The number of fused-ring (bicyclic) bond motifs is 1. The third-order valence-electron chi connectivity index (χ3n) is 4.43. The summed E-state index contributed by atoms with van der Waals surface area (Å²) in [6.07, 6.45) is 0. The van der Waals surface area contributed by atoms with Crippen LogP contribution in [-0.2, 0) is 0 Å². The van der Waals surface area contributed by atoms with Crippen LogP contribution >= 0.6 is 0 Å². The second-order valence-corrected chi connectivity index (χ2v) is 6.43. The lowest BCUT2D eigenvalue weighted by molar-refractivity contribution is 0.102. The zero-order valence-electron chi connectivity index (χ0n) is 15.0. The standard InChI is InChI=1S/C21H18N4O2/c1-13-8-10-15(11-9-13)20(26)22-18-12-17-14(2)24-25(19(17)23-21(18)27)16-6-4-3-5-7-16/h3-12H,1-2H3,(H,22,26)(H,23,27). The fourth-order valence-electron chi connectivity index (χ4n) is 2.97. The molecule has 0 aliphatic rings. The van der Waals surface area contributed by atoms with E-state index in [1.165, 1.54) is 0 Å². The number of aromatic nitrogens is 3. The molecule has 0 unspecified atom stereocenters. The molecule has 2 aromatic heterocycles. The van der Waals surface area contributed by atoms with Crippen LogP contribution in [0.1, 0.15) is 21.6 Å². The van der Waals surface area contributed by atoms with E-state index in [2.05, 4.69) is 15.4 Å². The van der Waals surface area contributed by atoms with Gasteiger partial charge in [-0.25, -0.2) is 4.68 Å². The van der Waals surface area contributed by atoms with E-state index in [4.69, 9.17) is 0 Å². The molecule has 2 N–H and O–H groups in total. The van der Waals surface area contributed by atoms with E-state index in [1.54, 1.807) is 22.9 Å². The molecule has 0 aliphatic heterocycles.